The summed E-state index contributed by atoms with van der Waals surface area (Å²) in [5.74, 6) is 1.95. The zero-order valence-electron chi connectivity index (χ0n) is 21.4. The largest absolute Gasteiger partial charge is 0.497 e. The van der Waals surface area contributed by atoms with E-state index >= 15 is 0 Å². The van der Waals surface area contributed by atoms with E-state index in [4.69, 9.17) is 53.5 Å². The standard InChI is InChI=1S/C30H26Cl3NO5/c1-36-22-13-17(12-20(14-22)30(35)37-2)6-7-18-10-11-21(15-26(18)33)38-16-23-28(34-39-29(23)19-8-9-19)27-24(31)4-3-5-25(27)32/h3-5,10-15,19H,6-9,16H2,1-2H3. The Labute approximate surface area is 241 Å². The maximum Gasteiger partial charge on any atom is 0.337 e. The predicted octanol–water partition coefficient (Wildman–Crippen LogP) is 8.34. The second-order valence-electron chi connectivity index (χ2n) is 9.35. The fourth-order valence-electron chi connectivity index (χ4n) is 4.46. The van der Waals surface area contributed by atoms with E-state index in [1.807, 2.05) is 18.2 Å². The third-order valence-electron chi connectivity index (χ3n) is 6.68. The highest BCUT2D eigenvalue weighted by Gasteiger charge is 2.33. The lowest BCUT2D eigenvalue weighted by Crippen LogP contribution is -2.03. The Morgan fingerprint density at radius 1 is 0.949 bits per heavy atom. The average Bonchev–Trinajstić information content (AvgIpc) is 3.70. The van der Waals surface area contributed by atoms with Crippen LogP contribution >= 0.6 is 34.8 Å². The Bertz CT molecular complexity index is 1490. The van der Waals surface area contributed by atoms with Crippen LogP contribution in [0.3, 0.4) is 0 Å². The number of rotatable bonds is 10. The molecule has 0 N–H and O–H groups in total. The van der Waals surface area contributed by atoms with Crippen LogP contribution in [0.4, 0.5) is 0 Å². The van der Waals surface area contributed by atoms with Gasteiger partial charge in [0.1, 0.15) is 29.6 Å². The number of benzene rings is 3. The van der Waals surface area contributed by atoms with Gasteiger partial charge in [-0.25, -0.2) is 4.79 Å². The number of nitrogens with zero attached hydrogens (tertiary/aromatic N) is 1. The van der Waals surface area contributed by atoms with Gasteiger partial charge in [0, 0.05) is 16.5 Å². The summed E-state index contributed by atoms with van der Waals surface area (Å²) < 4.78 is 22.1. The minimum atomic E-state index is -0.410. The van der Waals surface area contributed by atoms with Gasteiger partial charge < -0.3 is 18.7 Å². The first kappa shape index (κ1) is 27.4. The van der Waals surface area contributed by atoms with Gasteiger partial charge in [-0.3, -0.25) is 0 Å². The molecule has 9 heteroatoms. The van der Waals surface area contributed by atoms with E-state index in [1.54, 1.807) is 43.5 Å². The summed E-state index contributed by atoms with van der Waals surface area (Å²) in [5.41, 5.74) is 4.41. The molecule has 0 radical (unpaired) electrons. The summed E-state index contributed by atoms with van der Waals surface area (Å²) in [6, 6.07) is 16.3. The van der Waals surface area contributed by atoms with E-state index in [9.17, 15) is 4.79 Å². The minimum absolute atomic E-state index is 0.238. The number of aryl methyl sites for hydroxylation is 2. The maximum absolute atomic E-state index is 12.0. The Hall–Kier alpha value is -3.19. The molecule has 0 spiro atoms. The molecule has 0 saturated heterocycles. The Kier molecular flexibility index (Phi) is 8.36. The van der Waals surface area contributed by atoms with Crippen molar-refractivity contribution in [1.82, 2.24) is 5.16 Å². The quantitative estimate of drug-likeness (QED) is 0.174. The van der Waals surface area contributed by atoms with Crippen molar-refractivity contribution >= 4 is 40.8 Å². The van der Waals surface area contributed by atoms with E-state index in [0.717, 1.165) is 35.3 Å². The topological polar surface area (TPSA) is 70.8 Å². The normalized spacial score (nSPS) is 12.8. The van der Waals surface area contributed by atoms with Gasteiger partial charge >= 0.3 is 5.97 Å². The van der Waals surface area contributed by atoms with Crippen molar-refractivity contribution in [2.75, 3.05) is 14.2 Å². The molecule has 1 aliphatic rings. The van der Waals surface area contributed by atoms with Crippen LogP contribution < -0.4 is 9.47 Å². The fourth-order valence-corrected chi connectivity index (χ4v) is 5.30. The number of ether oxygens (including phenoxy) is 3. The molecular weight excluding hydrogens is 561 g/mol. The van der Waals surface area contributed by atoms with Crippen molar-refractivity contribution in [1.29, 1.82) is 0 Å². The molecule has 1 saturated carbocycles. The second-order valence-corrected chi connectivity index (χ2v) is 10.6. The van der Waals surface area contributed by atoms with Gasteiger partial charge in [-0.05, 0) is 79.3 Å². The van der Waals surface area contributed by atoms with Crippen LogP contribution in [0, 0.1) is 0 Å². The number of carbonyl (C=O) groups is 1. The van der Waals surface area contributed by atoms with E-state index in [0.29, 0.717) is 62.1 Å². The lowest BCUT2D eigenvalue weighted by Gasteiger charge is -2.12. The molecule has 0 unspecified atom stereocenters. The third kappa shape index (κ3) is 6.19. The van der Waals surface area contributed by atoms with E-state index < -0.39 is 5.97 Å². The second kappa shape index (κ2) is 11.9. The molecule has 6 nitrogen and oxygen atoms in total. The van der Waals surface area contributed by atoms with Crippen LogP contribution in [0.25, 0.3) is 11.3 Å². The SMILES string of the molecule is COC(=O)c1cc(CCc2ccc(OCc3c(-c4c(Cl)cccc4Cl)noc3C3CC3)cc2Cl)cc(OC)c1. The molecule has 1 aliphatic carbocycles. The van der Waals surface area contributed by atoms with Crippen LogP contribution in [0.5, 0.6) is 11.5 Å². The average molecular weight is 587 g/mol. The lowest BCUT2D eigenvalue weighted by molar-refractivity contribution is 0.0600. The van der Waals surface area contributed by atoms with Gasteiger partial charge in [-0.2, -0.15) is 0 Å². The number of carbonyl (C=O) groups excluding carboxylic acids is 1. The molecule has 1 fully saturated rings. The van der Waals surface area contributed by atoms with Crippen molar-refractivity contribution in [3.8, 4) is 22.8 Å². The zero-order valence-corrected chi connectivity index (χ0v) is 23.7. The highest BCUT2D eigenvalue weighted by atomic mass is 35.5. The summed E-state index contributed by atoms with van der Waals surface area (Å²) in [6.45, 7) is 0.238. The summed E-state index contributed by atoms with van der Waals surface area (Å²) in [4.78, 5) is 12.0. The highest BCUT2D eigenvalue weighted by molar-refractivity contribution is 6.39. The molecule has 0 aliphatic heterocycles. The van der Waals surface area contributed by atoms with Crippen molar-refractivity contribution < 1.29 is 23.5 Å². The smallest absolute Gasteiger partial charge is 0.337 e. The first-order chi connectivity index (χ1) is 18.9. The van der Waals surface area contributed by atoms with Crippen LogP contribution in [0.2, 0.25) is 15.1 Å². The van der Waals surface area contributed by atoms with E-state index in [1.165, 1.54) is 7.11 Å². The predicted molar refractivity (Wildman–Crippen MR) is 151 cm³/mol. The molecule has 0 atom stereocenters. The van der Waals surface area contributed by atoms with Crippen LogP contribution in [0.15, 0.2) is 59.1 Å². The van der Waals surface area contributed by atoms with Gasteiger partial charge in [0.25, 0.3) is 0 Å². The van der Waals surface area contributed by atoms with Gasteiger partial charge in [-0.1, -0.05) is 52.1 Å². The molecule has 39 heavy (non-hydrogen) atoms. The van der Waals surface area contributed by atoms with Crippen molar-refractivity contribution in [2.24, 2.45) is 0 Å². The summed E-state index contributed by atoms with van der Waals surface area (Å²) >= 11 is 19.6. The van der Waals surface area contributed by atoms with Crippen molar-refractivity contribution in [3.63, 3.8) is 0 Å². The van der Waals surface area contributed by atoms with Gasteiger partial charge in [0.15, 0.2) is 0 Å². The molecular formula is C30H26Cl3NO5. The third-order valence-corrected chi connectivity index (χ3v) is 7.66. The lowest BCUT2D eigenvalue weighted by atomic mass is 10.0. The van der Waals surface area contributed by atoms with Crippen molar-refractivity contribution in [3.05, 3.63) is 97.7 Å². The Morgan fingerprint density at radius 2 is 1.72 bits per heavy atom. The summed E-state index contributed by atoms with van der Waals surface area (Å²) in [5, 5.41) is 5.90. The monoisotopic (exact) mass is 585 g/mol. The van der Waals surface area contributed by atoms with Gasteiger partial charge in [-0.15, -0.1) is 0 Å². The first-order valence-corrected chi connectivity index (χ1v) is 13.6. The molecule has 1 heterocycles. The molecule has 4 aromatic rings. The van der Waals surface area contributed by atoms with Crippen LogP contribution in [-0.4, -0.2) is 25.3 Å². The molecule has 3 aromatic carbocycles. The number of hydrogen-bond donors (Lipinski definition) is 0. The van der Waals surface area contributed by atoms with Crippen molar-refractivity contribution in [2.45, 2.75) is 38.2 Å². The first-order valence-electron chi connectivity index (χ1n) is 12.5. The van der Waals surface area contributed by atoms with E-state index in [2.05, 4.69) is 5.16 Å². The Morgan fingerprint density at radius 3 is 2.38 bits per heavy atom. The van der Waals surface area contributed by atoms with E-state index in [-0.39, 0.29) is 6.61 Å². The fraction of sp³-hybridized carbons (Fsp3) is 0.267. The van der Waals surface area contributed by atoms with Gasteiger partial charge in [0.2, 0.25) is 0 Å². The molecule has 5 rings (SSSR count). The zero-order chi connectivity index (χ0) is 27.5. The highest BCUT2D eigenvalue weighted by Crippen LogP contribution is 2.46. The molecule has 202 valence electrons. The van der Waals surface area contributed by atoms with Crippen LogP contribution in [0.1, 0.15) is 51.6 Å². The molecule has 1 aromatic heterocycles. The molecule has 0 amide bonds. The molecule has 0 bridgehead atoms. The summed E-state index contributed by atoms with van der Waals surface area (Å²) in [7, 11) is 2.92. The Balaban J connectivity index is 1.31. The number of halogens is 3. The maximum atomic E-state index is 12.0. The number of aromatic nitrogens is 1. The van der Waals surface area contributed by atoms with Gasteiger partial charge in [0.05, 0.1) is 35.4 Å². The number of esters is 1. The number of hydrogen-bond acceptors (Lipinski definition) is 6. The summed E-state index contributed by atoms with van der Waals surface area (Å²) in [6.07, 6.45) is 3.42. The van der Waals surface area contributed by atoms with Crippen LogP contribution in [-0.2, 0) is 24.2 Å². The number of methoxy groups -OCH3 is 2. The minimum Gasteiger partial charge on any atom is -0.497 e.